The van der Waals surface area contributed by atoms with Gasteiger partial charge in [-0.2, -0.15) is 10.1 Å². The second-order valence-electron chi connectivity index (χ2n) is 16.4. The number of nitrogens with zero attached hydrogens (tertiary/aromatic N) is 9. The van der Waals surface area contributed by atoms with Crippen LogP contribution >= 0.6 is 11.6 Å². The monoisotopic (exact) mass is 803 g/mol. The smallest absolute Gasteiger partial charge is 0.227 e. The van der Waals surface area contributed by atoms with E-state index in [-0.39, 0.29) is 24.4 Å². The second-order valence-corrected chi connectivity index (χ2v) is 16.8. The molecule has 4 aliphatic heterocycles. The van der Waals surface area contributed by atoms with Crippen LogP contribution in [0.2, 0.25) is 5.02 Å². The van der Waals surface area contributed by atoms with E-state index in [0.717, 1.165) is 116 Å². The van der Waals surface area contributed by atoms with Gasteiger partial charge in [-0.25, -0.2) is 14.4 Å². The van der Waals surface area contributed by atoms with Gasteiger partial charge in [-0.1, -0.05) is 49.5 Å². The van der Waals surface area contributed by atoms with Gasteiger partial charge in [0.2, 0.25) is 5.95 Å². The van der Waals surface area contributed by atoms with E-state index in [1.165, 1.54) is 11.1 Å². The van der Waals surface area contributed by atoms with Gasteiger partial charge >= 0.3 is 0 Å². The topological polar surface area (TPSA) is 93.5 Å². The number of hydrogen-bond donors (Lipinski definition) is 2. The molecule has 3 atom stereocenters. The normalized spacial score (nSPS) is 21.7. The number of para-hydroxylation sites is 1. The number of rotatable bonds is 11. The van der Waals surface area contributed by atoms with Crippen LogP contribution in [0.4, 0.5) is 33.3 Å². The van der Waals surface area contributed by atoms with Crippen LogP contribution in [0.25, 0.3) is 17.0 Å². The van der Waals surface area contributed by atoms with Gasteiger partial charge in [-0.05, 0) is 69.7 Å². The van der Waals surface area contributed by atoms with Crippen molar-refractivity contribution < 1.29 is 4.39 Å². The van der Waals surface area contributed by atoms with Gasteiger partial charge in [-0.3, -0.25) is 9.58 Å². The number of aromatic nitrogens is 5. The predicted octanol–water partition coefficient (Wildman–Crippen LogP) is 8.73. The van der Waals surface area contributed by atoms with Crippen molar-refractivity contribution in [3.63, 3.8) is 0 Å². The lowest BCUT2D eigenvalue weighted by molar-refractivity contribution is 0.131. The number of benzene rings is 1. The molecule has 3 fully saturated rings. The molecule has 4 aromatic rings. The summed E-state index contributed by atoms with van der Waals surface area (Å²) in [4.78, 5) is 23.1. The minimum atomic E-state index is -1.00. The highest BCUT2D eigenvalue weighted by Crippen LogP contribution is 2.40. The summed E-state index contributed by atoms with van der Waals surface area (Å²) in [6, 6.07) is 8.77. The summed E-state index contributed by atoms with van der Waals surface area (Å²) in [6.07, 6.45) is 10.8. The van der Waals surface area contributed by atoms with Crippen LogP contribution in [0.15, 0.2) is 91.7 Å². The molecule has 7 heterocycles. The number of piperidine rings is 2. The fourth-order valence-corrected chi connectivity index (χ4v) is 9.18. The van der Waals surface area contributed by atoms with Crippen molar-refractivity contribution >= 4 is 57.5 Å². The van der Waals surface area contributed by atoms with Crippen molar-refractivity contribution in [2.75, 3.05) is 65.8 Å². The van der Waals surface area contributed by atoms with E-state index >= 15 is 4.39 Å². The number of aryl methyl sites for hydroxylation is 1. The Morgan fingerprint density at radius 1 is 1.05 bits per heavy atom. The molecule has 0 radical (unpaired) electrons. The molecular formula is C45H55ClFN11. The third-order valence-corrected chi connectivity index (χ3v) is 12.4. The van der Waals surface area contributed by atoms with Crippen molar-refractivity contribution in [2.45, 2.75) is 64.1 Å². The van der Waals surface area contributed by atoms with Crippen molar-refractivity contribution in [2.24, 2.45) is 13.0 Å². The SMILES string of the molecule is C=CCCC1=Cc2cc(Nc3nc(N4CCC(CN5CCN(c6cccc7c(C8CCC(=C)NC8=C)nn(C)c67)CC5)C(F)C4)ncc3Cl)cnc2N(C(C)C)C1=C. The fourth-order valence-electron chi connectivity index (χ4n) is 9.04. The first-order chi connectivity index (χ1) is 28.0. The Kier molecular flexibility index (Phi) is 11.3. The summed E-state index contributed by atoms with van der Waals surface area (Å²) < 4.78 is 18.0. The molecule has 11 nitrogen and oxygen atoms in total. The van der Waals surface area contributed by atoms with Crippen LogP contribution in [-0.2, 0) is 7.05 Å². The highest BCUT2D eigenvalue weighted by atomic mass is 35.5. The van der Waals surface area contributed by atoms with E-state index in [9.17, 15) is 0 Å². The Balaban J connectivity index is 0.886. The number of hydrogen-bond acceptors (Lipinski definition) is 10. The van der Waals surface area contributed by atoms with Crippen LogP contribution in [-0.4, -0.2) is 87.7 Å². The van der Waals surface area contributed by atoms with Crippen LogP contribution < -0.4 is 25.3 Å². The summed E-state index contributed by atoms with van der Waals surface area (Å²) in [5.41, 5.74) is 9.27. The van der Waals surface area contributed by atoms with Gasteiger partial charge in [0.25, 0.3) is 0 Å². The van der Waals surface area contributed by atoms with E-state index in [4.69, 9.17) is 26.7 Å². The molecule has 4 aliphatic rings. The van der Waals surface area contributed by atoms with Crippen molar-refractivity contribution in [1.29, 1.82) is 0 Å². The number of allylic oxidation sites excluding steroid dienone is 4. The number of piperazine rings is 1. The molecule has 0 spiro atoms. The Morgan fingerprint density at radius 2 is 1.86 bits per heavy atom. The van der Waals surface area contributed by atoms with Gasteiger partial charge < -0.3 is 25.3 Å². The third kappa shape index (κ3) is 7.84. The second kappa shape index (κ2) is 16.6. The molecule has 304 valence electrons. The van der Waals surface area contributed by atoms with Crippen molar-refractivity contribution in [3.05, 3.63) is 108 Å². The molecule has 58 heavy (non-hydrogen) atoms. The number of alkyl halides is 1. The molecule has 3 unspecified atom stereocenters. The van der Waals surface area contributed by atoms with Crippen molar-refractivity contribution in [1.82, 2.24) is 34.9 Å². The maximum Gasteiger partial charge on any atom is 0.227 e. The summed E-state index contributed by atoms with van der Waals surface area (Å²) in [7, 11) is 2.03. The molecular weight excluding hydrogens is 749 g/mol. The first-order valence-corrected chi connectivity index (χ1v) is 20.9. The van der Waals surface area contributed by atoms with Crippen LogP contribution in [0.3, 0.4) is 0 Å². The zero-order valence-corrected chi connectivity index (χ0v) is 34.8. The number of pyridine rings is 1. The summed E-state index contributed by atoms with van der Waals surface area (Å²) in [5.74, 6) is 1.88. The first kappa shape index (κ1) is 39.6. The molecule has 3 saturated heterocycles. The van der Waals surface area contributed by atoms with Gasteiger partial charge in [0.05, 0.1) is 41.5 Å². The average Bonchev–Trinajstić information content (AvgIpc) is 3.54. The largest absolute Gasteiger partial charge is 0.367 e. The lowest BCUT2D eigenvalue weighted by atomic mass is 9.90. The van der Waals surface area contributed by atoms with Crippen molar-refractivity contribution in [3.8, 4) is 0 Å². The number of fused-ring (bicyclic) bond motifs is 2. The number of halogens is 2. The van der Waals surface area contributed by atoms with Gasteiger partial charge in [-0.15, -0.1) is 6.58 Å². The van der Waals surface area contributed by atoms with E-state index in [2.05, 4.69) is 101 Å². The summed E-state index contributed by atoms with van der Waals surface area (Å²) in [5, 5.41) is 13.3. The molecule has 8 rings (SSSR count). The maximum absolute atomic E-state index is 16.0. The summed E-state index contributed by atoms with van der Waals surface area (Å²) >= 11 is 6.62. The van der Waals surface area contributed by atoms with Gasteiger partial charge in [0.1, 0.15) is 17.0 Å². The lowest BCUT2D eigenvalue weighted by Crippen LogP contribution is -2.51. The quantitative estimate of drug-likeness (QED) is 0.144. The number of anilines is 5. The van der Waals surface area contributed by atoms with E-state index in [0.29, 0.717) is 23.3 Å². The molecule has 0 bridgehead atoms. The highest BCUT2D eigenvalue weighted by Gasteiger charge is 2.34. The predicted molar refractivity (Wildman–Crippen MR) is 237 cm³/mol. The van der Waals surface area contributed by atoms with Crippen LogP contribution in [0, 0.1) is 5.92 Å². The van der Waals surface area contributed by atoms with E-state index in [1.54, 1.807) is 12.4 Å². The molecule has 13 heteroatoms. The Bertz CT molecular complexity index is 2270. The first-order valence-electron chi connectivity index (χ1n) is 20.5. The van der Waals surface area contributed by atoms with Crippen LogP contribution in [0.1, 0.15) is 63.1 Å². The van der Waals surface area contributed by atoms with Gasteiger partial charge in [0.15, 0.2) is 5.82 Å². The zero-order valence-electron chi connectivity index (χ0n) is 34.0. The zero-order chi connectivity index (χ0) is 40.7. The Morgan fingerprint density at radius 3 is 2.60 bits per heavy atom. The van der Waals surface area contributed by atoms with Gasteiger partial charge in [0, 0.05) is 92.2 Å². The molecule has 3 aromatic heterocycles. The van der Waals surface area contributed by atoms with E-state index in [1.807, 2.05) is 22.7 Å². The fraction of sp³-hybridized carbons (Fsp3) is 0.422. The molecule has 1 aromatic carbocycles. The maximum atomic E-state index is 16.0. The van der Waals surface area contributed by atoms with E-state index < -0.39 is 6.17 Å². The number of nitrogens with one attached hydrogen (secondary N) is 2. The summed E-state index contributed by atoms with van der Waals surface area (Å²) in [6.45, 7) is 26.1. The standard InChI is InChI=1S/C45H55ClFN11/c1-8-9-11-32-22-34-23-35(24-48-44(34)58(28(2)3)31(32)6)51-43-38(46)25-49-45(52-43)57-17-16-33(39(47)27-57)26-55-18-20-56(21-19-55)40-13-10-12-37-41(53-54(7)42(37)40)36-15-14-29(4)50-30(36)5/h8,10,12-13,22-25,28,33,36,39,50H,1,4-6,9,11,14-21,26-27H2,2-3,7H3,(H,49,51,52). The third-order valence-electron chi connectivity index (χ3n) is 12.1. The minimum absolute atomic E-state index is 0.0588. The molecule has 0 saturated carbocycles. The average molecular weight is 804 g/mol. The lowest BCUT2D eigenvalue weighted by Gasteiger charge is -2.41. The molecule has 2 N–H and O–H groups in total. The molecule has 0 aliphatic carbocycles. The highest BCUT2D eigenvalue weighted by molar-refractivity contribution is 6.32. The minimum Gasteiger partial charge on any atom is -0.367 e. The van der Waals surface area contributed by atoms with Crippen LogP contribution in [0.5, 0.6) is 0 Å². The Labute approximate surface area is 346 Å². The Hall–Kier alpha value is -5.20. The molecule has 0 amide bonds.